The SMILES string of the molecule is O=C(O)C(O)C1(c2ccc(C(F)(F)F)cn2)CC1. The van der Waals surface area contributed by atoms with Crippen LogP contribution in [0.3, 0.4) is 0 Å². The van der Waals surface area contributed by atoms with Gasteiger partial charge in [0.15, 0.2) is 6.10 Å². The predicted octanol–water partition coefficient (Wildman–Crippen LogP) is 1.58. The summed E-state index contributed by atoms with van der Waals surface area (Å²) in [5.74, 6) is -1.39. The number of aliphatic carboxylic acids is 1. The predicted molar refractivity (Wildman–Crippen MR) is 53.8 cm³/mol. The number of nitrogens with zero attached hydrogens (tertiary/aromatic N) is 1. The Bertz CT molecular complexity index is 465. The number of halogens is 3. The van der Waals surface area contributed by atoms with Gasteiger partial charge in [-0.2, -0.15) is 13.2 Å². The lowest BCUT2D eigenvalue weighted by Gasteiger charge is -2.18. The zero-order valence-corrected chi connectivity index (χ0v) is 9.11. The summed E-state index contributed by atoms with van der Waals surface area (Å²) in [7, 11) is 0. The van der Waals surface area contributed by atoms with E-state index in [0.717, 1.165) is 12.1 Å². The van der Waals surface area contributed by atoms with Gasteiger partial charge in [-0.1, -0.05) is 0 Å². The molecular formula is C11H10F3NO3. The van der Waals surface area contributed by atoms with Crippen molar-refractivity contribution >= 4 is 5.97 Å². The van der Waals surface area contributed by atoms with E-state index in [2.05, 4.69) is 4.98 Å². The van der Waals surface area contributed by atoms with Gasteiger partial charge in [-0.25, -0.2) is 4.79 Å². The van der Waals surface area contributed by atoms with Crippen LogP contribution in [0.15, 0.2) is 18.3 Å². The van der Waals surface area contributed by atoms with Crippen LogP contribution < -0.4 is 0 Å². The number of rotatable bonds is 3. The monoisotopic (exact) mass is 261 g/mol. The standard InChI is InChI=1S/C11H10F3NO3/c12-11(13,14)6-1-2-7(15-5-6)10(3-4-10)8(16)9(17)18/h1-2,5,8,16H,3-4H2,(H,17,18). The minimum absolute atomic E-state index is 0.186. The van der Waals surface area contributed by atoms with E-state index in [4.69, 9.17) is 5.11 Å². The van der Waals surface area contributed by atoms with Crippen LogP contribution in [-0.4, -0.2) is 27.3 Å². The van der Waals surface area contributed by atoms with Crippen molar-refractivity contribution in [3.63, 3.8) is 0 Å². The summed E-state index contributed by atoms with van der Waals surface area (Å²) in [6.45, 7) is 0. The summed E-state index contributed by atoms with van der Waals surface area (Å²) in [4.78, 5) is 14.4. The molecule has 1 aliphatic carbocycles. The summed E-state index contributed by atoms with van der Waals surface area (Å²) in [6.07, 6.45) is -4.66. The Kier molecular flexibility index (Phi) is 2.81. The Balaban J connectivity index is 2.28. The molecule has 7 heteroatoms. The van der Waals surface area contributed by atoms with E-state index in [0.29, 0.717) is 19.0 Å². The molecule has 1 aliphatic rings. The van der Waals surface area contributed by atoms with Gasteiger partial charge in [0.25, 0.3) is 0 Å². The number of hydrogen-bond donors (Lipinski definition) is 2. The highest BCUT2D eigenvalue weighted by Crippen LogP contribution is 2.50. The highest BCUT2D eigenvalue weighted by atomic mass is 19.4. The van der Waals surface area contributed by atoms with Crippen LogP contribution in [0, 0.1) is 0 Å². The zero-order valence-electron chi connectivity index (χ0n) is 9.11. The molecule has 0 saturated heterocycles. The maximum Gasteiger partial charge on any atom is 0.417 e. The number of pyridine rings is 1. The van der Waals surface area contributed by atoms with Gasteiger partial charge in [0.2, 0.25) is 0 Å². The maximum absolute atomic E-state index is 12.3. The molecule has 0 spiro atoms. The Hall–Kier alpha value is -1.63. The smallest absolute Gasteiger partial charge is 0.417 e. The quantitative estimate of drug-likeness (QED) is 0.866. The zero-order chi connectivity index (χ0) is 13.6. The first-order valence-electron chi connectivity index (χ1n) is 5.22. The fraction of sp³-hybridized carbons (Fsp3) is 0.455. The van der Waals surface area contributed by atoms with E-state index in [1.54, 1.807) is 0 Å². The molecule has 1 aromatic heterocycles. The summed E-state index contributed by atoms with van der Waals surface area (Å²) < 4.78 is 37.0. The van der Waals surface area contributed by atoms with Gasteiger partial charge in [-0.3, -0.25) is 4.98 Å². The Morgan fingerprint density at radius 1 is 1.39 bits per heavy atom. The fourth-order valence-electron chi connectivity index (χ4n) is 1.90. The first-order valence-corrected chi connectivity index (χ1v) is 5.22. The van der Waals surface area contributed by atoms with Crippen molar-refractivity contribution in [3.8, 4) is 0 Å². The summed E-state index contributed by atoms with van der Waals surface area (Å²) >= 11 is 0. The minimum Gasteiger partial charge on any atom is -0.479 e. The maximum atomic E-state index is 12.3. The van der Waals surface area contributed by atoms with Crippen molar-refractivity contribution in [3.05, 3.63) is 29.6 Å². The lowest BCUT2D eigenvalue weighted by molar-refractivity contribution is -0.148. The van der Waals surface area contributed by atoms with Crippen LogP contribution in [0.25, 0.3) is 0 Å². The first kappa shape index (κ1) is 12.8. The summed E-state index contributed by atoms with van der Waals surface area (Å²) in [5.41, 5.74) is -1.74. The molecule has 1 unspecified atom stereocenters. The summed E-state index contributed by atoms with van der Waals surface area (Å²) in [5, 5.41) is 18.3. The fourth-order valence-corrected chi connectivity index (χ4v) is 1.90. The average Bonchev–Trinajstić information content (AvgIpc) is 3.08. The Morgan fingerprint density at radius 3 is 2.33 bits per heavy atom. The normalized spacial score (nSPS) is 19.3. The molecule has 0 bridgehead atoms. The highest BCUT2D eigenvalue weighted by molar-refractivity contribution is 5.75. The van der Waals surface area contributed by atoms with Gasteiger partial charge in [0.05, 0.1) is 5.56 Å². The molecule has 1 heterocycles. The van der Waals surface area contributed by atoms with Crippen LogP contribution >= 0.6 is 0 Å². The second kappa shape index (κ2) is 3.94. The highest BCUT2D eigenvalue weighted by Gasteiger charge is 2.54. The summed E-state index contributed by atoms with van der Waals surface area (Å²) in [6, 6.07) is 1.97. The molecule has 0 amide bonds. The lowest BCUT2D eigenvalue weighted by Crippen LogP contribution is -2.34. The van der Waals surface area contributed by atoms with E-state index in [-0.39, 0.29) is 5.69 Å². The topological polar surface area (TPSA) is 70.4 Å². The third-order valence-electron chi connectivity index (χ3n) is 3.15. The molecule has 1 fully saturated rings. The molecule has 0 aliphatic heterocycles. The molecule has 0 radical (unpaired) electrons. The number of aromatic nitrogens is 1. The molecule has 4 nitrogen and oxygen atoms in total. The largest absolute Gasteiger partial charge is 0.479 e. The van der Waals surface area contributed by atoms with Crippen molar-refractivity contribution in [2.45, 2.75) is 30.5 Å². The molecule has 98 valence electrons. The van der Waals surface area contributed by atoms with E-state index in [9.17, 15) is 23.1 Å². The Morgan fingerprint density at radius 2 is 2.00 bits per heavy atom. The molecule has 2 N–H and O–H groups in total. The number of hydrogen-bond acceptors (Lipinski definition) is 3. The second-order valence-electron chi connectivity index (χ2n) is 4.33. The number of carboxylic acids is 1. The molecule has 18 heavy (non-hydrogen) atoms. The van der Waals surface area contributed by atoms with Crippen molar-refractivity contribution in [1.29, 1.82) is 0 Å². The van der Waals surface area contributed by atoms with E-state index < -0.39 is 29.2 Å². The molecule has 2 rings (SSSR count). The number of carboxylic acid groups (broad SMARTS) is 1. The molecule has 0 aromatic carbocycles. The van der Waals surface area contributed by atoms with Crippen molar-refractivity contribution in [2.75, 3.05) is 0 Å². The van der Waals surface area contributed by atoms with Crippen LogP contribution in [0.4, 0.5) is 13.2 Å². The number of aliphatic hydroxyl groups is 1. The van der Waals surface area contributed by atoms with Gasteiger partial charge in [0.1, 0.15) is 0 Å². The number of alkyl halides is 3. The van der Waals surface area contributed by atoms with Crippen molar-refractivity contribution in [1.82, 2.24) is 4.98 Å². The van der Waals surface area contributed by atoms with Crippen LogP contribution in [0.5, 0.6) is 0 Å². The van der Waals surface area contributed by atoms with Crippen molar-refractivity contribution in [2.24, 2.45) is 0 Å². The van der Waals surface area contributed by atoms with Crippen LogP contribution in [0.2, 0.25) is 0 Å². The minimum atomic E-state index is -4.48. The lowest BCUT2D eigenvalue weighted by atomic mass is 9.94. The molecule has 1 atom stereocenters. The molecule has 1 saturated carbocycles. The van der Waals surface area contributed by atoms with Gasteiger partial charge >= 0.3 is 12.1 Å². The van der Waals surface area contributed by atoms with Crippen LogP contribution in [-0.2, 0) is 16.4 Å². The number of carbonyl (C=O) groups is 1. The van der Waals surface area contributed by atoms with E-state index >= 15 is 0 Å². The van der Waals surface area contributed by atoms with Gasteiger partial charge in [-0.05, 0) is 25.0 Å². The Labute approximate surface area is 100 Å². The van der Waals surface area contributed by atoms with Crippen molar-refractivity contribution < 1.29 is 28.2 Å². The van der Waals surface area contributed by atoms with Crippen LogP contribution in [0.1, 0.15) is 24.1 Å². The third kappa shape index (κ3) is 2.05. The van der Waals surface area contributed by atoms with E-state index in [1.807, 2.05) is 0 Å². The van der Waals surface area contributed by atoms with Gasteiger partial charge in [-0.15, -0.1) is 0 Å². The van der Waals surface area contributed by atoms with Gasteiger partial charge in [0, 0.05) is 17.3 Å². The molecule has 1 aromatic rings. The molecular weight excluding hydrogens is 251 g/mol. The average molecular weight is 261 g/mol. The first-order chi connectivity index (χ1) is 8.27. The third-order valence-corrected chi connectivity index (χ3v) is 3.15. The van der Waals surface area contributed by atoms with Gasteiger partial charge < -0.3 is 10.2 Å². The second-order valence-corrected chi connectivity index (χ2v) is 4.33. The van der Waals surface area contributed by atoms with E-state index in [1.165, 1.54) is 0 Å². The number of aliphatic hydroxyl groups excluding tert-OH is 1.